The number of carbonyl (C=O) groups excluding carboxylic acids is 4. The molecule has 4 amide bonds. The second-order valence-electron chi connectivity index (χ2n) is 6.92. The maximum Gasteiger partial charge on any atom is 0.326 e. The standard InChI is InChI=1S/C20H29N3O11/c24-15(22-14(20(30)31)1-4-19(28)29)5-7-32-9-11-34-12-10-33-8-6-21-16(25)13-23-17(26)2-3-18(23)27/h2-3,14H,1,4-13H2,(H,21,25)(H,22,24)(H,28,29)(H,30,31). The fraction of sp³-hybridized carbons (Fsp3) is 0.600. The zero-order valence-electron chi connectivity index (χ0n) is 18.5. The van der Waals surface area contributed by atoms with Crippen molar-refractivity contribution in [2.75, 3.05) is 52.7 Å². The Morgan fingerprint density at radius 1 is 0.824 bits per heavy atom. The van der Waals surface area contributed by atoms with Crippen LogP contribution in [0.15, 0.2) is 12.2 Å². The lowest BCUT2D eigenvalue weighted by atomic mass is 10.1. The predicted octanol–water partition coefficient (Wildman–Crippen LogP) is -2.10. The van der Waals surface area contributed by atoms with E-state index in [0.717, 1.165) is 17.1 Å². The molecular formula is C20H29N3O11. The van der Waals surface area contributed by atoms with E-state index in [-0.39, 0.29) is 72.0 Å². The second kappa shape index (κ2) is 16.3. The van der Waals surface area contributed by atoms with E-state index in [4.69, 9.17) is 24.4 Å². The number of hydrogen-bond acceptors (Lipinski definition) is 9. The normalized spacial score (nSPS) is 13.7. The van der Waals surface area contributed by atoms with Gasteiger partial charge in [-0.15, -0.1) is 0 Å². The van der Waals surface area contributed by atoms with Crippen LogP contribution < -0.4 is 10.6 Å². The summed E-state index contributed by atoms with van der Waals surface area (Å²) in [6.45, 7) is 1.08. The topological polar surface area (TPSA) is 198 Å². The van der Waals surface area contributed by atoms with E-state index in [9.17, 15) is 28.8 Å². The highest BCUT2D eigenvalue weighted by atomic mass is 16.5. The molecule has 0 aliphatic carbocycles. The molecular weight excluding hydrogens is 458 g/mol. The summed E-state index contributed by atoms with van der Waals surface area (Å²) in [5.74, 6) is -4.55. The molecule has 1 aliphatic heterocycles. The average molecular weight is 487 g/mol. The number of carboxylic acid groups (broad SMARTS) is 2. The Balaban J connectivity index is 1.93. The van der Waals surface area contributed by atoms with E-state index in [1.807, 2.05) is 0 Å². The maximum atomic E-state index is 11.7. The van der Waals surface area contributed by atoms with Gasteiger partial charge in [0.15, 0.2) is 0 Å². The molecule has 0 radical (unpaired) electrons. The molecule has 1 aliphatic rings. The molecule has 1 atom stereocenters. The number of amides is 4. The van der Waals surface area contributed by atoms with Crippen molar-refractivity contribution in [3.05, 3.63) is 12.2 Å². The number of carbonyl (C=O) groups is 6. The molecule has 0 saturated carbocycles. The summed E-state index contributed by atoms with van der Waals surface area (Å²) in [7, 11) is 0. The number of nitrogens with one attached hydrogen (secondary N) is 2. The zero-order chi connectivity index (χ0) is 25.3. The third kappa shape index (κ3) is 12.6. The van der Waals surface area contributed by atoms with Crippen LogP contribution in [0.4, 0.5) is 0 Å². The van der Waals surface area contributed by atoms with E-state index in [2.05, 4.69) is 10.6 Å². The maximum absolute atomic E-state index is 11.7. The highest BCUT2D eigenvalue weighted by Gasteiger charge is 2.25. The molecule has 0 fully saturated rings. The fourth-order valence-electron chi connectivity index (χ4n) is 2.55. The minimum atomic E-state index is -1.30. The van der Waals surface area contributed by atoms with Crippen LogP contribution in [0, 0.1) is 0 Å². The SMILES string of the molecule is O=C(O)CCC(NC(=O)CCOCCOCCOCCNC(=O)CN1C(=O)C=CC1=O)C(=O)O. The molecule has 0 bridgehead atoms. The monoisotopic (exact) mass is 487 g/mol. The van der Waals surface area contributed by atoms with Crippen molar-refractivity contribution >= 4 is 35.6 Å². The number of hydrogen-bond donors (Lipinski definition) is 4. The number of imide groups is 1. The summed E-state index contributed by atoms with van der Waals surface area (Å²) >= 11 is 0. The molecule has 34 heavy (non-hydrogen) atoms. The minimum Gasteiger partial charge on any atom is -0.481 e. The van der Waals surface area contributed by atoms with Gasteiger partial charge in [0.2, 0.25) is 11.8 Å². The number of aliphatic carboxylic acids is 2. The van der Waals surface area contributed by atoms with Gasteiger partial charge >= 0.3 is 11.9 Å². The van der Waals surface area contributed by atoms with Gasteiger partial charge in [0, 0.05) is 31.5 Å². The van der Waals surface area contributed by atoms with Crippen LogP contribution in [0.25, 0.3) is 0 Å². The lowest BCUT2D eigenvalue weighted by Gasteiger charge is -2.13. The van der Waals surface area contributed by atoms with Crippen molar-refractivity contribution in [3.8, 4) is 0 Å². The number of ether oxygens (including phenoxy) is 3. The summed E-state index contributed by atoms with van der Waals surface area (Å²) < 4.78 is 15.8. The zero-order valence-corrected chi connectivity index (χ0v) is 18.5. The van der Waals surface area contributed by atoms with Gasteiger partial charge < -0.3 is 35.1 Å². The van der Waals surface area contributed by atoms with Gasteiger partial charge in [-0.05, 0) is 6.42 Å². The molecule has 0 aromatic carbocycles. The summed E-state index contributed by atoms with van der Waals surface area (Å²) in [4.78, 5) is 68.4. The minimum absolute atomic E-state index is 0.0430. The van der Waals surface area contributed by atoms with Crippen molar-refractivity contribution in [2.24, 2.45) is 0 Å². The van der Waals surface area contributed by atoms with E-state index in [1.165, 1.54) is 0 Å². The lowest BCUT2D eigenvalue weighted by molar-refractivity contribution is -0.143. The van der Waals surface area contributed by atoms with Crippen LogP contribution in [0.3, 0.4) is 0 Å². The highest BCUT2D eigenvalue weighted by molar-refractivity contribution is 6.14. The number of nitrogens with zero attached hydrogens (tertiary/aromatic N) is 1. The van der Waals surface area contributed by atoms with Crippen molar-refractivity contribution < 1.29 is 53.2 Å². The molecule has 1 heterocycles. The first-order chi connectivity index (χ1) is 16.2. The molecule has 0 saturated heterocycles. The third-order valence-electron chi connectivity index (χ3n) is 4.27. The predicted molar refractivity (Wildman–Crippen MR) is 112 cm³/mol. The van der Waals surface area contributed by atoms with Crippen LogP contribution in [0.2, 0.25) is 0 Å². The molecule has 190 valence electrons. The summed E-state index contributed by atoms with van der Waals surface area (Å²) in [5, 5.41) is 22.3. The average Bonchev–Trinajstić information content (AvgIpc) is 3.09. The Morgan fingerprint density at radius 3 is 1.94 bits per heavy atom. The lowest BCUT2D eigenvalue weighted by Crippen LogP contribution is -2.41. The van der Waals surface area contributed by atoms with Crippen LogP contribution in [0.5, 0.6) is 0 Å². The van der Waals surface area contributed by atoms with Crippen molar-refractivity contribution in [1.82, 2.24) is 15.5 Å². The first kappa shape index (κ1) is 28.7. The van der Waals surface area contributed by atoms with Gasteiger partial charge in [0.1, 0.15) is 12.6 Å². The first-order valence-corrected chi connectivity index (χ1v) is 10.5. The van der Waals surface area contributed by atoms with E-state index < -0.39 is 41.6 Å². The Hall–Kier alpha value is -3.36. The number of rotatable bonds is 19. The van der Waals surface area contributed by atoms with E-state index in [0.29, 0.717) is 0 Å². The molecule has 0 aromatic rings. The van der Waals surface area contributed by atoms with Crippen LogP contribution in [-0.2, 0) is 43.0 Å². The molecule has 0 spiro atoms. The Kier molecular flexibility index (Phi) is 13.7. The summed E-state index contributed by atoms with van der Waals surface area (Å²) in [6, 6.07) is -1.27. The summed E-state index contributed by atoms with van der Waals surface area (Å²) in [6.07, 6.45) is 1.54. The largest absolute Gasteiger partial charge is 0.481 e. The van der Waals surface area contributed by atoms with Gasteiger partial charge in [-0.2, -0.15) is 0 Å². The van der Waals surface area contributed by atoms with E-state index in [1.54, 1.807) is 0 Å². The quantitative estimate of drug-likeness (QED) is 0.115. The smallest absolute Gasteiger partial charge is 0.326 e. The van der Waals surface area contributed by atoms with Gasteiger partial charge in [-0.1, -0.05) is 0 Å². The molecule has 14 nitrogen and oxygen atoms in total. The van der Waals surface area contributed by atoms with Crippen LogP contribution in [-0.4, -0.2) is 109 Å². The van der Waals surface area contributed by atoms with E-state index >= 15 is 0 Å². The van der Waals surface area contributed by atoms with Crippen molar-refractivity contribution in [3.63, 3.8) is 0 Å². The Morgan fingerprint density at radius 2 is 1.38 bits per heavy atom. The fourth-order valence-corrected chi connectivity index (χ4v) is 2.55. The van der Waals surface area contributed by atoms with Crippen LogP contribution >= 0.6 is 0 Å². The Labute approximate surface area is 195 Å². The van der Waals surface area contributed by atoms with Crippen molar-refractivity contribution in [2.45, 2.75) is 25.3 Å². The van der Waals surface area contributed by atoms with Gasteiger partial charge in [0.25, 0.3) is 11.8 Å². The molecule has 1 rings (SSSR count). The van der Waals surface area contributed by atoms with Gasteiger partial charge in [0.05, 0.1) is 39.6 Å². The van der Waals surface area contributed by atoms with Crippen molar-refractivity contribution in [1.29, 1.82) is 0 Å². The molecule has 0 aromatic heterocycles. The highest BCUT2D eigenvalue weighted by Crippen LogP contribution is 2.02. The molecule has 14 heteroatoms. The molecule has 4 N–H and O–H groups in total. The third-order valence-corrected chi connectivity index (χ3v) is 4.27. The molecule has 1 unspecified atom stereocenters. The first-order valence-electron chi connectivity index (χ1n) is 10.5. The summed E-state index contributed by atoms with van der Waals surface area (Å²) in [5.41, 5.74) is 0. The van der Waals surface area contributed by atoms with Gasteiger partial charge in [-0.3, -0.25) is 28.9 Å². The number of carboxylic acids is 2. The Bertz CT molecular complexity index is 751. The van der Waals surface area contributed by atoms with Gasteiger partial charge in [-0.25, -0.2) is 4.79 Å². The van der Waals surface area contributed by atoms with Crippen LogP contribution in [0.1, 0.15) is 19.3 Å². The second-order valence-corrected chi connectivity index (χ2v) is 6.92.